The highest BCUT2D eigenvalue weighted by molar-refractivity contribution is 6.58. The largest absolute Gasteiger partial charge is 0.569 e. The van der Waals surface area contributed by atoms with Crippen molar-refractivity contribution >= 4 is 20.3 Å². The first-order valence-electron chi connectivity index (χ1n) is 3.54. The van der Waals surface area contributed by atoms with Gasteiger partial charge in [-0.2, -0.15) is 0 Å². The van der Waals surface area contributed by atoms with Crippen LogP contribution in [0.5, 0.6) is 5.75 Å². The van der Waals surface area contributed by atoms with Crippen LogP contribution in [-0.2, 0) is 0 Å². The highest BCUT2D eigenvalue weighted by atomic mass is 19.1. The summed E-state index contributed by atoms with van der Waals surface area (Å²) in [6.07, 6.45) is 0. The molecule has 0 bridgehead atoms. The van der Waals surface area contributed by atoms with Gasteiger partial charge < -0.3 is 19.7 Å². The fourth-order valence-corrected chi connectivity index (χ4v) is 0.889. The number of halogens is 2. The van der Waals surface area contributed by atoms with Crippen LogP contribution in [0.1, 0.15) is 0 Å². The van der Waals surface area contributed by atoms with Gasteiger partial charge in [0.1, 0.15) is 11.6 Å². The van der Waals surface area contributed by atoms with Crippen molar-refractivity contribution in [3.8, 4) is 5.75 Å². The SMILES string of the molecule is O[B]Oc1cc(F)c(B(O)O)cc1F. The predicted octanol–water partition coefficient (Wildman–Crippen LogP) is -1.45. The molecule has 0 aromatic heterocycles. The Hall–Kier alpha value is -1.11. The molecule has 1 aromatic rings. The van der Waals surface area contributed by atoms with Gasteiger partial charge >= 0.3 is 14.8 Å². The zero-order valence-electron chi connectivity index (χ0n) is 6.82. The summed E-state index contributed by atoms with van der Waals surface area (Å²) < 4.78 is 30.1. The van der Waals surface area contributed by atoms with E-state index in [9.17, 15) is 8.78 Å². The quantitative estimate of drug-likeness (QED) is 0.523. The predicted molar refractivity (Wildman–Crippen MR) is 44.8 cm³/mol. The first kappa shape index (κ1) is 11.0. The minimum absolute atomic E-state index is 0.187. The molecule has 0 saturated carbocycles. The van der Waals surface area contributed by atoms with E-state index in [0.717, 1.165) is 0 Å². The minimum Gasteiger partial charge on any atom is -0.535 e. The van der Waals surface area contributed by atoms with Crippen LogP contribution < -0.4 is 10.1 Å². The summed E-state index contributed by atoms with van der Waals surface area (Å²) in [4.78, 5) is 0. The van der Waals surface area contributed by atoms with Crippen LogP contribution in [0, 0.1) is 11.6 Å². The highest BCUT2D eigenvalue weighted by Crippen LogP contribution is 2.16. The lowest BCUT2D eigenvalue weighted by Crippen LogP contribution is -2.33. The molecule has 0 heterocycles. The van der Waals surface area contributed by atoms with Gasteiger partial charge in [0.25, 0.3) is 0 Å². The molecule has 0 saturated heterocycles. The summed E-state index contributed by atoms with van der Waals surface area (Å²) in [5.74, 6) is -2.60. The van der Waals surface area contributed by atoms with E-state index < -0.39 is 30.0 Å². The molecule has 1 rings (SSSR count). The Bertz CT molecular complexity index is 334. The van der Waals surface area contributed by atoms with Gasteiger partial charge in [0.05, 0.1) is 0 Å². The fraction of sp³-hybridized carbons (Fsp3) is 0. The summed E-state index contributed by atoms with van der Waals surface area (Å²) >= 11 is 0. The number of benzene rings is 1. The molecule has 0 atom stereocenters. The van der Waals surface area contributed by atoms with Gasteiger partial charge in [-0.3, -0.25) is 0 Å². The highest BCUT2D eigenvalue weighted by Gasteiger charge is 2.20. The van der Waals surface area contributed by atoms with Crippen LogP contribution in [-0.4, -0.2) is 29.9 Å². The van der Waals surface area contributed by atoms with E-state index in [1.54, 1.807) is 0 Å². The zero-order valence-corrected chi connectivity index (χ0v) is 6.82. The molecule has 8 heteroatoms. The molecule has 3 N–H and O–H groups in total. The van der Waals surface area contributed by atoms with Gasteiger partial charge in [-0.15, -0.1) is 0 Å². The Morgan fingerprint density at radius 1 is 1.21 bits per heavy atom. The normalized spacial score (nSPS) is 9.79. The molecular weight excluding hydrogens is 196 g/mol. The van der Waals surface area contributed by atoms with Gasteiger partial charge in [0.15, 0.2) is 5.82 Å². The minimum atomic E-state index is -2.10. The fourth-order valence-electron chi connectivity index (χ4n) is 0.889. The van der Waals surface area contributed by atoms with Gasteiger partial charge in [-0.05, 0) is 6.07 Å². The standard InChI is InChI=1S/C6H5B2F2O4/c9-4-2-6(14-7-11)5(10)1-3(4)8(12)13/h1-2,11-13H. The lowest BCUT2D eigenvalue weighted by atomic mass is 9.80. The van der Waals surface area contributed by atoms with E-state index >= 15 is 0 Å². The molecule has 0 fully saturated rings. The maximum absolute atomic E-state index is 12.9. The monoisotopic (exact) mass is 201 g/mol. The van der Waals surface area contributed by atoms with E-state index in [2.05, 4.69) is 4.65 Å². The molecule has 0 spiro atoms. The maximum Gasteiger partial charge on any atom is 0.569 e. The second kappa shape index (κ2) is 4.41. The first-order chi connectivity index (χ1) is 6.56. The molecule has 0 amide bonds. The van der Waals surface area contributed by atoms with Crippen molar-refractivity contribution in [2.24, 2.45) is 0 Å². The Kier molecular flexibility index (Phi) is 3.45. The summed E-state index contributed by atoms with van der Waals surface area (Å²) in [5.41, 5.74) is -0.604. The summed E-state index contributed by atoms with van der Waals surface area (Å²) in [7, 11) is -1.91. The Morgan fingerprint density at radius 3 is 2.36 bits per heavy atom. The van der Waals surface area contributed by atoms with Crippen LogP contribution in [0.25, 0.3) is 0 Å². The summed E-state index contributed by atoms with van der Waals surface area (Å²) in [6, 6.07) is 1.16. The van der Waals surface area contributed by atoms with E-state index in [1.165, 1.54) is 0 Å². The molecule has 0 aliphatic carbocycles. The van der Waals surface area contributed by atoms with Crippen molar-refractivity contribution < 1.29 is 28.5 Å². The Labute approximate surface area is 79.2 Å². The van der Waals surface area contributed by atoms with Gasteiger partial charge in [0.2, 0.25) is 0 Å². The lowest BCUT2D eigenvalue weighted by molar-refractivity contribution is 0.418. The summed E-state index contributed by atoms with van der Waals surface area (Å²) in [5, 5.41) is 25.4. The van der Waals surface area contributed by atoms with Crippen molar-refractivity contribution in [3.63, 3.8) is 0 Å². The van der Waals surface area contributed by atoms with Crippen molar-refractivity contribution in [1.29, 1.82) is 0 Å². The molecule has 73 valence electrons. The van der Waals surface area contributed by atoms with Crippen molar-refractivity contribution in [2.45, 2.75) is 0 Å². The molecule has 14 heavy (non-hydrogen) atoms. The molecule has 0 aliphatic heterocycles. The number of hydrogen-bond donors (Lipinski definition) is 3. The average molecular weight is 201 g/mol. The smallest absolute Gasteiger partial charge is 0.535 e. The van der Waals surface area contributed by atoms with Gasteiger partial charge in [0, 0.05) is 11.5 Å². The van der Waals surface area contributed by atoms with Crippen LogP contribution in [0.15, 0.2) is 12.1 Å². The average Bonchev–Trinajstić information content (AvgIpc) is 2.10. The third-order valence-electron chi connectivity index (χ3n) is 1.51. The van der Waals surface area contributed by atoms with Crippen LogP contribution in [0.4, 0.5) is 8.78 Å². The molecule has 0 unspecified atom stereocenters. The second-order valence-electron chi connectivity index (χ2n) is 2.40. The third kappa shape index (κ3) is 2.22. The molecular formula is C6H5B2F2O4. The number of hydrogen-bond acceptors (Lipinski definition) is 4. The van der Waals surface area contributed by atoms with Crippen molar-refractivity contribution in [1.82, 2.24) is 0 Å². The first-order valence-corrected chi connectivity index (χ1v) is 3.54. The maximum atomic E-state index is 12.9. The molecule has 1 radical (unpaired) electrons. The third-order valence-corrected chi connectivity index (χ3v) is 1.51. The van der Waals surface area contributed by atoms with Gasteiger partial charge in [-0.25, -0.2) is 8.78 Å². The topological polar surface area (TPSA) is 69.9 Å². The molecule has 4 nitrogen and oxygen atoms in total. The van der Waals surface area contributed by atoms with Crippen LogP contribution in [0.3, 0.4) is 0 Å². The second-order valence-corrected chi connectivity index (χ2v) is 2.40. The van der Waals surface area contributed by atoms with Crippen LogP contribution in [0.2, 0.25) is 0 Å². The van der Waals surface area contributed by atoms with Crippen molar-refractivity contribution in [3.05, 3.63) is 23.8 Å². The van der Waals surface area contributed by atoms with E-state index in [0.29, 0.717) is 12.1 Å². The van der Waals surface area contributed by atoms with Crippen molar-refractivity contribution in [2.75, 3.05) is 0 Å². The van der Waals surface area contributed by atoms with Gasteiger partial charge in [-0.1, -0.05) is 0 Å². The number of rotatable bonds is 3. The Balaban J connectivity index is 3.10. The lowest BCUT2D eigenvalue weighted by Gasteiger charge is -2.06. The molecule has 0 aliphatic rings. The Morgan fingerprint density at radius 2 is 1.86 bits per heavy atom. The molecule has 1 aromatic carbocycles. The van der Waals surface area contributed by atoms with E-state index in [-0.39, 0.29) is 7.69 Å². The van der Waals surface area contributed by atoms with Crippen LogP contribution >= 0.6 is 0 Å². The zero-order chi connectivity index (χ0) is 10.7. The summed E-state index contributed by atoms with van der Waals surface area (Å²) in [6.45, 7) is 0. The van der Waals surface area contributed by atoms with E-state index in [4.69, 9.17) is 15.1 Å². The van der Waals surface area contributed by atoms with E-state index in [1.807, 2.05) is 0 Å².